The van der Waals surface area contributed by atoms with E-state index in [9.17, 15) is 4.79 Å². The molecule has 0 bridgehead atoms. The highest BCUT2D eigenvalue weighted by atomic mass is 16.5. The fourth-order valence-electron chi connectivity index (χ4n) is 0.705. The van der Waals surface area contributed by atoms with Crippen molar-refractivity contribution in [3.63, 3.8) is 0 Å². The van der Waals surface area contributed by atoms with Gasteiger partial charge in [0.15, 0.2) is 0 Å². The third kappa shape index (κ3) is 3.20. The van der Waals surface area contributed by atoms with E-state index in [-0.39, 0.29) is 12.5 Å². The zero-order valence-corrected chi connectivity index (χ0v) is 7.41. The lowest BCUT2D eigenvalue weighted by atomic mass is 9.98. The van der Waals surface area contributed by atoms with Gasteiger partial charge in [-0.15, -0.1) is 0 Å². The molecule has 0 aromatic heterocycles. The van der Waals surface area contributed by atoms with Crippen LogP contribution in [0.4, 0.5) is 0 Å². The van der Waals surface area contributed by atoms with Crippen LogP contribution >= 0.6 is 0 Å². The van der Waals surface area contributed by atoms with Crippen LogP contribution in [0, 0.1) is 23.2 Å². The Morgan fingerprint density at radius 3 is 2.67 bits per heavy atom. The number of carbonyl (C=O) groups is 1. The monoisotopic (exact) mass is 167 g/mol. The van der Waals surface area contributed by atoms with Crippen molar-refractivity contribution in [3.05, 3.63) is 12.7 Å². The molecule has 0 fully saturated rings. The number of nitriles is 1. The molecule has 0 aliphatic rings. The third-order valence-electron chi connectivity index (χ3n) is 1.40. The van der Waals surface area contributed by atoms with Gasteiger partial charge in [0.1, 0.15) is 12.5 Å². The zero-order chi connectivity index (χ0) is 9.56. The molecule has 0 N–H and O–H groups in total. The third-order valence-corrected chi connectivity index (χ3v) is 1.40. The minimum absolute atomic E-state index is 0.00712. The minimum atomic E-state index is -0.662. The molecule has 0 heterocycles. The molecule has 0 spiro atoms. The van der Waals surface area contributed by atoms with Crippen molar-refractivity contribution in [2.24, 2.45) is 11.8 Å². The molecule has 66 valence electrons. The Bertz CT molecular complexity index is 203. The van der Waals surface area contributed by atoms with Crippen molar-refractivity contribution in [2.45, 2.75) is 13.8 Å². The van der Waals surface area contributed by atoms with Crippen LogP contribution in [-0.4, -0.2) is 12.6 Å². The number of carbonyl (C=O) groups excluding carboxylic acids is 1. The predicted molar refractivity (Wildman–Crippen MR) is 45.1 cm³/mol. The molecule has 1 atom stereocenters. The maximum atomic E-state index is 11.1. The first kappa shape index (κ1) is 10.7. The van der Waals surface area contributed by atoms with E-state index in [4.69, 9.17) is 10.00 Å². The number of nitrogens with zero attached hydrogens (tertiary/aromatic N) is 1. The second-order valence-corrected chi connectivity index (χ2v) is 2.77. The van der Waals surface area contributed by atoms with E-state index < -0.39 is 11.9 Å². The van der Waals surface area contributed by atoms with Gasteiger partial charge in [0.25, 0.3) is 0 Å². The summed E-state index contributed by atoms with van der Waals surface area (Å²) in [4.78, 5) is 11.1. The van der Waals surface area contributed by atoms with Crippen LogP contribution in [0.5, 0.6) is 0 Å². The summed E-state index contributed by atoms with van der Waals surface area (Å²) >= 11 is 0. The smallest absolute Gasteiger partial charge is 0.323 e. The molecule has 0 saturated carbocycles. The first-order chi connectivity index (χ1) is 5.63. The van der Waals surface area contributed by atoms with Crippen molar-refractivity contribution in [1.82, 2.24) is 0 Å². The molecular weight excluding hydrogens is 154 g/mol. The van der Waals surface area contributed by atoms with E-state index in [1.165, 1.54) is 6.08 Å². The molecule has 0 aromatic carbocycles. The second-order valence-electron chi connectivity index (χ2n) is 2.77. The second kappa shape index (κ2) is 5.36. The van der Waals surface area contributed by atoms with Gasteiger partial charge in [-0.2, -0.15) is 5.26 Å². The molecule has 12 heavy (non-hydrogen) atoms. The fraction of sp³-hybridized carbons (Fsp3) is 0.556. The van der Waals surface area contributed by atoms with Gasteiger partial charge in [-0.3, -0.25) is 4.79 Å². The maximum absolute atomic E-state index is 11.1. The van der Waals surface area contributed by atoms with Gasteiger partial charge in [0, 0.05) is 0 Å². The molecule has 0 amide bonds. The highest BCUT2D eigenvalue weighted by Gasteiger charge is 2.22. The first-order valence-corrected chi connectivity index (χ1v) is 3.80. The average molecular weight is 167 g/mol. The minimum Gasteiger partial charge on any atom is -0.460 e. The Kier molecular flexibility index (Phi) is 4.78. The lowest BCUT2D eigenvalue weighted by Crippen LogP contribution is -2.21. The SMILES string of the molecule is C=CCOC(=O)C(C#N)C(C)C. The molecule has 3 nitrogen and oxygen atoms in total. The van der Waals surface area contributed by atoms with Gasteiger partial charge >= 0.3 is 5.97 Å². The first-order valence-electron chi connectivity index (χ1n) is 3.80. The Morgan fingerprint density at radius 1 is 1.75 bits per heavy atom. The van der Waals surface area contributed by atoms with E-state index in [2.05, 4.69) is 6.58 Å². The summed E-state index contributed by atoms with van der Waals surface area (Å²) < 4.78 is 4.73. The molecule has 1 unspecified atom stereocenters. The summed E-state index contributed by atoms with van der Waals surface area (Å²) in [5.41, 5.74) is 0. The summed E-state index contributed by atoms with van der Waals surface area (Å²) in [5, 5.41) is 8.59. The van der Waals surface area contributed by atoms with E-state index in [0.717, 1.165) is 0 Å². The van der Waals surface area contributed by atoms with Crippen molar-refractivity contribution >= 4 is 5.97 Å². The van der Waals surface area contributed by atoms with E-state index >= 15 is 0 Å². The molecule has 0 aliphatic heterocycles. The van der Waals surface area contributed by atoms with Gasteiger partial charge in [-0.05, 0) is 5.92 Å². The lowest BCUT2D eigenvalue weighted by Gasteiger charge is -2.10. The number of ether oxygens (including phenoxy) is 1. The van der Waals surface area contributed by atoms with E-state index in [0.29, 0.717) is 0 Å². The number of esters is 1. The quantitative estimate of drug-likeness (QED) is 0.471. The van der Waals surface area contributed by atoms with Gasteiger partial charge in [0.05, 0.1) is 6.07 Å². The summed E-state index contributed by atoms with van der Waals surface area (Å²) in [6.45, 7) is 7.19. The molecule has 0 rings (SSSR count). The Morgan fingerprint density at radius 2 is 2.33 bits per heavy atom. The Labute approximate surface area is 72.6 Å². The van der Waals surface area contributed by atoms with Crippen LogP contribution in [-0.2, 0) is 9.53 Å². The van der Waals surface area contributed by atoms with Gasteiger partial charge in [-0.1, -0.05) is 26.5 Å². The maximum Gasteiger partial charge on any atom is 0.323 e. The predicted octanol–water partition coefficient (Wildman–Crippen LogP) is 1.51. The zero-order valence-electron chi connectivity index (χ0n) is 7.41. The molecule has 0 saturated heterocycles. The normalized spacial score (nSPS) is 11.8. The van der Waals surface area contributed by atoms with Crippen LogP contribution in [0.15, 0.2) is 12.7 Å². The van der Waals surface area contributed by atoms with Crippen molar-refractivity contribution in [2.75, 3.05) is 6.61 Å². The van der Waals surface area contributed by atoms with Gasteiger partial charge in [-0.25, -0.2) is 0 Å². The van der Waals surface area contributed by atoms with Crippen LogP contribution in [0.3, 0.4) is 0 Å². The largest absolute Gasteiger partial charge is 0.460 e. The van der Waals surface area contributed by atoms with Crippen LogP contribution < -0.4 is 0 Å². The molecule has 0 radical (unpaired) electrons. The Hall–Kier alpha value is -1.30. The fourth-order valence-corrected chi connectivity index (χ4v) is 0.705. The molecule has 3 heteroatoms. The summed E-state index contributed by atoms with van der Waals surface area (Å²) in [7, 11) is 0. The molecule has 0 aliphatic carbocycles. The standard InChI is InChI=1S/C9H13NO2/c1-4-5-12-9(11)8(6-10)7(2)3/h4,7-8H,1,5H2,2-3H3. The highest BCUT2D eigenvalue weighted by molar-refractivity contribution is 5.75. The molecule has 0 aromatic rings. The summed E-state index contributed by atoms with van der Waals surface area (Å²) in [5.74, 6) is -1.13. The molecular formula is C9H13NO2. The lowest BCUT2D eigenvalue weighted by molar-refractivity contribution is -0.146. The number of hydrogen-bond donors (Lipinski definition) is 0. The van der Waals surface area contributed by atoms with Crippen molar-refractivity contribution in [3.8, 4) is 6.07 Å². The topological polar surface area (TPSA) is 50.1 Å². The highest BCUT2D eigenvalue weighted by Crippen LogP contribution is 2.11. The van der Waals surface area contributed by atoms with E-state index in [1.807, 2.05) is 19.9 Å². The Balaban J connectivity index is 4.06. The summed E-state index contributed by atoms with van der Waals surface area (Å²) in [6, 6.07) is 1.90. The summed E-state index contributed by atoms with van der Waals surface area (Å²) in [6.07, 6.45) is 1.48. The van der Waals surface area contributed by atoms with Crippen LogP contribution in [0.2, 0.25) is 0 Å². The van der Waals surface area contributed by atoms with Crippen LogP contribution in [0.1, 0.15) is 13.8 Å². The number of hydrogen-bond acceptors (Lipinski definition) is 3. The van der Waals surface area contributed by atoms with Gasteiger partial charge in [0.2, 0.25) is 0 Å². The van der Waals surface area contributed by atoms with Gasteiger partial charge < -0.3 is 4.74 Å². The van der Waals surface area contributed by atoms with E-state index in [1.54, 1.807) is 0 Å². The van der Waals surface area contributed by atoms with Crippen molar-refractivity contribution in [1.29, 1.82) is 5.26 Å². The number of rotatable bonds is 4. The van der Waals surface area contributed by atoms with Crippen LogP contribution in [0.25, 0.3) is 0 Å². The van der Waals surface area contributed by atoms with Crippen molar-refractivity contribution < 1.29 is 9.53 Å². The average Bonchev–Trinajstić information content (AvgIpc) is 2.01.